The number of aliphatic hydroxyl groups is 1. The van der Waals surface area contributed by atoms with Crippen LogP contribution in [0.2, 0.25) is 5.02 Å². The SMILES string of the molecule is C=C1[C@H](CO)[C@H]1Cn1cc(Cl)c(=O)[nH]c1=O. The zero-order valence-electron chi connectivity index (χ0n) is 8.44. The molecule has 1 saturated carbocycles. The lowest BCUT2D eigenvalue weighted by Crippen LogP contribution is -2.30. The van der Waals surface area contributed by atoms with Gasteiger partial charge in [-0.1, -0.05) is 23.8 Å². The van der Waals surface area contributed by atoms with Crippen molar-refractivity contribution < 1.29 is 5.11 Å². The quantitative estimate of drug-likeness (QED) is 0.732. The van der Waals surface area contributed by atoms with E-state index in [2.05, 4.69) is 11.6 Å². The van der Waals surface area contributed by atoms with E-state index >= 15 is 0 Å². The molecular weight excluding hydrogens is 232 g/mol. The summed E-state index contributed by atoms with van der Waals surface area (Å²) < 4.78 is 1.33. The number of aromatic amines is 1. The van der Waals surface area contributed by atoms with Crippen molar-refractivity contribution in [3.63, 3.8) is 0 Å². The molecule has 2 N–H and O–H groups in total. The van der Waals surface area contributed by atoms with Gasteiger partial charge in [-0.3, -0.25) is 14.3 Å². The maximum atomic E-state index is 11.4. The molecule has 1 aliphatic rings. The summed E-state index contributed by atoms with van der Waals surface area (Å²) in [6, 6.07) is 0. The predicted octanol–water partition coefficient (Wildman–Crippen LogP) is -0.0155. The van der Waals surface area contributed by atoms with E-state index in [1.165, 1.54) is 10.8 Å². The molecule has 1 heterocycles. The van der Waals surface area contributed by atoms with E-state index < -0.39 is 11.2 Å². The lowest BCUT2D eigenvalue weighted by molar-refractivity contribution is 0.268. The highest BCUT2D eigenvalue weighted by atomic mass is 35.5. The average Bonchev–Trinajstić information content (AvgIpc) is 2.85. The molecular formula is C10H11ClN2O3. The predicted molar refractivity (Wildman–Crippen MR) is 59.5 cm³/mol. The summed E-state index contributed by atoms with van der Waals surface area (Å²) in [4.78, 5) is 24.5. The molecule has 1 aromatic rings. The Balaban J connectivity index is 2.24. The first-order valence-electron chi connectivity index (χ1n) is 4.83. The van der Waals surface area contributed by atoms with Crippen LogP contribution in [0.4, 0.5) is 0 Å². The summed E-state index contributed by atoms with van der Waals surface area (Å²) in [5.41, 5.74) is -0.154. The van der Waals surface area contributed by atoms with Crippen molar-refractivity contribution in [3.05, 3.63) is 44.2 Å². The fraction of sp³-hybridized carbons (Fsp3) is 0.400. The number of nitrogens with one attached hydrogen (secondary N) is 1. The van der Waals surface area contributed by atoms with E-state index in [4.69, 9.17) is 16.7 Å². The van der Waals surface area contributed by atoms with Gasteiger partial charge in [0, 0.05) is 24.6 Å². The Labute approximate surface area is 96.0 Å². The zero-order valence-corrected chi connectivity index (χ0v) is 9.20. The second-order valence-electron chi connectivity index (χ2n) is 3.86. The number of rotatable bonds is 3. The summed E-state index contributed by atoms with van der Waals surface area (Å²) in [6.07, 6.45) is 1.31. The van der Waals surface area contributed by atoms with Gasteiger partial charge in [0.25, 0.3) is 5.56 Å². The van der Waals surface area contributed by atoms with Crippen molar-refractivity contribution in [3.8, 4) is 0 Å². The monoisotopic (exact) mass is 242 g/mol. The highest BCUT2D eigenvalue weighted by molar-refractivity contribution is 6.30. The number of halogens is 1. The van der Waals surface area contributed by atoms with Gasteiger partial charge in [0.1, 0.15) is 5.02 Å². The molecule has 2 rings (SSSR count). The van der Waals surface area contributed by atoms with Gasteiger partial charge in [-0.15, -0.1) is 0 Å². The minimum atomic E-state index is -0.587. The van der Waals surface area contributed by atoms with Crippen molar-refractivity contribution in [2.75, 3.05) is 6.61 Å². The smallest absolute Gasteiger partial charge is 0.328 e. The Kier molecular flexibility index (Phi) is 2.73. The highest BCUT2D eigenvalue weighted by Crippen LogP contribution is 2.44. The molecule has 0 aromatic carbocycles. The summed E-state index contributed by atoms with van der Waals surface area (Å²) in [5, 5.41) is 8.94. The molecule has 0 aliphatic heterocycles. The lowest BCUT2D eigenvalue weighted by atomic mass is 10.3. The molecule has 0 saturated heterocycles. The minimum absolute atomic E-state index is 0.0218. The van der Waals surface area contributed by atoms with Crippen molar-refractivity contribution in [1.29, 1.82) is 0 Å². The molecule has 1 fully saturated rings. The van der Waals surface area contributed by atoms with Crippen LogP contribution in [0.15, 0.2) is 27.9 Å². The summed E-state index contributed by atoms with van der Waals surface area (Å²) in [6.45, 7) is 4.21. The van der Waals surface area contributed by atoms with E-state index in [9.17, 15) is 9.59 Å². The summed E-state index contributed by atoms with van der Waals surface area (Å²) in [7, 11) is 0. The number of hydrogen-bond acceptors (Lipinski definition) is 3. The average molecular weight is 243 g/mol. The molecule has 1 aliphatic carbocycles. The van der Waals surface area contributed by atoms with Crippen LogP contribution < -0.4 is 11.2 Å². The maximum absolute atomic E-state index is 11.4. The van der Waals surface area contributed by atoms with Crippen LogP contribution in [0.25, 0.3) is 0 Å². The van der Waals surface area contributed by atoms with Crippen LogP contribution in [0.3, 0.4) is 0 Å². The van der Waals surface area contributed by atoms with Gasteiger partial charge >= 0.3 is 5.69 Å². The molecule has 1 aromatic heterocycles. The largest absolute Gasteiger partial charge is 0.396 e. The highest BCUT2D eigenvalue weighted by Gasteiger charge is 2.41. The number of H-pyrrole nitrogens is 1. The molecule has 2 atom stereocenters. The standard InChI is InChI=1S/C10H11ClN2O3/c1-5-6(7(5)4-14)2-13-3-8(11)9(15)12-10(13)16/h3,6-7,14H,1-2,4H2,(H,12,15,16)/t6-,7-/m0/s1. The Morgan fingerprint density at radius 2 is 2.19 bits per heavy atom. The van der Waals surface area contributed by atoms with Gasteiger partial charge in [0.2, 0.25) is 0 Å². The van der Waals surface area contributed by atoms with Crippen LogP contribution in [0, 0.1) is 11.8 Å². The van der Waals surface area contributed by atoms with Crippen LogP contribution in [0.5, 0.6) is 0 Å². The number of aromatic nitrogens is 2. The lowest BCUT2D eigenvalue weighted by Gasteiger charge is -2.03. The first-order chi connectivity index (χ1) is 7.54. The van der Waals surface area contributed by atoms with Crippen molar-refractivity contribution in [2.24, 2.45) is 11.8 Å². The molecule has 0 spiro atoms. The Bertz CT molecular complexity index is 546. The second-order valence-corrected chi connectivity index (χ2v) is 4.27. The molecule has 0 unspecified atom stereocenters. The van der Waals surface area contributed by atoms with Crippen molar-refractivity contribution in [1.82, 2.24) is 9.55 Å². The Hall–Kier alpha value is -1.33. The normalized spacial score (nSPS) is 23.5. The fourth-order valence-electron chi connectivity index (χ4n) is 1.76. The molecule has 6 heteroatoms. The molecule has 5 nitrogen and oxygen atoms in total. The van der Waals surface area contributed by atoms with E-state index in [1.54, 1.807) is 0 Å². The van der Waals surface area contributed by atoms with Gasteiger partial charge in [0.05, 0.1) is 6.61 Å². The van der Waals surface area contributed by atoms with E-state index in [1.807, 2.05) is 0 Å². The number of hydrogen-bond donors (Lipinski definition) is 2. The summed E-state index contributed by atoms with van der Waals surface area (Å²) in [5.74, 6) is 0.141. The topological polar surface area (TPSA) is 75.1 Å². The number of nitrogens with zero attached hydrogens (tertiary/aromatic N) is 1. The Morgan fingerprint density at radius 3 is 2.75 bits per heavy atom. The minimum Gasteiger partial charge on any atom is -0.396 e. The van der Waals surface area contributed by atoms with Gasteiger partial charge in [-0.25, -0.2) is 4.79 Å². The first kappa shape index (κ1) is 11.2. The zero-order chi connectivity index (χ0) is 11.9. The third kappa shape index (κ3) is 1.83. The number of aliphatic hydroxyl groups excluding tert-OH is 1. The maximum Gasteiger partial charge on any atom is 0.328 e. The van der Waals surface area contributed by atoms with Crippen LogP contribution in [-0.2, 0) is 6.54 Å². The molecule has 0 radical (unpaired) electrons. The van der Waals surface area contributed by atoms with Crippen molar-refractivity contribution >= 4 is 11.6 Å². The van der Waals surface area contributed by atoms with E-state index in [-0.39, 0.29) is 23.5 Å². The second kappa shape index (κ2) is 3.92. The Morgan fingerprint density at radius 1 is 1.50 bits per heavy atom. The van der Waals surface area contributed by atoms with Crippen LogP contribution >= 0.6 is 11.6 Å². The third-order valence-electron chi connectivity index (χ3n) is 2.89. The summed E-state index contributed by atoms with van der Waals surface area (Å²) >= 11 is 5.62. The van der Waals surface area contributed by atoms with E-state index in [0.717, 1.165) is 5.57 Å². The molecule has 16 heavy (non-hydrogen) atoms. The van der Waals surface area contributed by atoms with Crippen LogP contribution in [-0.4, -0.2) is 21.3 Å². The van der Waals surface area contributed by atoms with Crippen LogP contribution in [0.1, 0.15) is 0 Å². The van der Waals surface area contributed by atoms with Gasteiger partial charge in [-0.2, -0.15) is 0 Å². The molecule has 0 bridgehead atoms. The van der Waals surface area contributed by atoms with Gasteiger partial charge < -0.3 is 5.11 Å². The van der Waals surface area contributed by atoms with Crippen molar-refractivity contribution in [2.45, 2.75) is 6.54 Å². The third-order valence-corrected chi connectivity index (χ3v) is 3.16. The van der Waals surface area contributed by atoms with E-state index in [0.29, 0.717) is 6.54 Å². The molecule has 86 valence electrons. The first-order valence-corrected chi connectivity index (χ1v) is 5.21. The van der Waals surface area contributed by atoms with Gasteiger partial charge in [0.15, 0.2) is 0 Å². The molecule has 0 amide bonds. The fourth-order valence-corrected chi connectivity index (χ4v) is 1.93. The van der Waals surface area contributed by atoms with Gasteiger partial charge in [-0.05, 0) is 0 Å².